The van der Waals surface area contributed by atoms with Gasteiger partial charge in [0.05, 0.1) is 15.9 Å². The summed E-state index contributed by atoms with van der Waals surface area (Å²) in [5.74, 6) is 0. The second-order valence-electron chi connectivity index (χ2n) is 2.72. The molecule has 0 radical (unpaired) electrons. The first kappa shape index (κ1) is 13.0. The minimum absolute atomic E-state index is 0.390. The lowest BCUT2D eigenvalue weighted by molar-refractivity contribution is 1.08. The number of nitrogens with one attached hydrogen (secondary N) is 2. The minimum atomic E-state index is -0.541. The number of aromatic amines is 2. The van der Waals surface area contributed by atoms with Gasteiger partial charge in [0.25, 0.3) is 5.56 Å². The fourth-order valence-electron chi connectivity index (χ4n) is 1.16. The van der Waals surface area contributed by atoms with Crippen molar-refractivity contribution in [2.45, 2.75) is 13.8 Å². The Hall–Kier alpha value is -1.07. The summed E-state index contributed by atoms with van der Waals surface area (Å²) in [5, 5.41) is 0.833. The Bertz CT molecular complexity index is 618. The van der Waals surface area contributed by atoms with E-state index in [2.05, 4.69) is 25.9 Å². The molecule has 0 saturated heterocycles. The van der Waals surface area contributed by atoms with Gasteiger partial charge in [-0.1, -0.05) is 25.4 Å². The van der Waals surface area contributed by atoms with Gasteiger partial charge in [0, 0.05) is 4.47 Å². The molecule has 0 saturated carbocycles. The maximum atomic E-state index is 11.3. The minimum Gasteiger partial charge on any atom is -0.307 e. The highest BCUT2D eigenvalue weighted by atomic mass is 79.9. The smallest absolute Gasteiger partial charge is 0.307 e. The molecule has 0 spiro atoms. The molecule has 86 valence electrons. The quantitative estimate of drug-likeness (QED) is 0.786. The molecule has 1 heterocycles. The van der Waals surface area contributed by atoms with Gasteiger partial charge >= 0.3 is 5.69 Å². The Labute approximate surface area is 105 Å². The predicted octanol–water partition coefficient (Wildman–Crippen LogP) is 2.66. The van der Waals surface area contributed by atoms with E-state index in [1.165, 1.54) is 6.07 Å². The van der Waals surface area contributed by atoms with Gasteiger partial charge in [0.2, 0.25) is 0 Å². The average Bonchev–Trinajstić information content (AvgIpc) is 2.24. The van der Waals surface area contributed by atoms with Gasteiger partial charge in [-0.25, -0.2) is 4.79 Å². The molecule has 0 bridgehead atoms. The van der Waals surface area contributed by atoms with E-state index >= 15 is 0 Å². The van der Waals surface area contributed by atoms with Crippen molar-refractivity contribution < 1.29 is 0 Å². The summed E-state index contributed by atoms with van der Waals surface area (Å²) in [5.41, 5.74) is -0.547. The van der Waals surface area contributed by atoms with Crippen molar-refractivity contribution in [3.63, 3.8) is 0 Å². The third-order valence-corrected chi connectivity index (χ3v) is 2.98. The monoisotopic (exact) mass is 304 g/mol. The molecule has 2 aromatic rings. The van der Waals surface area contributed by atoms with E-state index in [0.717, 1.165) is 0 Å². The second-order valence-corrected chi connectivity index (χ2v) is 3.98. The van der Waals surface area contributed by atoms with E-state index in [-0.39, 0.29) is 0 Å². The summed E-state index contributed by atoms with van der Waals surface area (Å²) in [6.07, 6.45) is 0. The van der Waals surface area contributed by atoms with Crippen LogP contribution in [0.5, 0.6) is 0 Å². The zero-order valence-electron chi connectivity index (χ0n) is 8.73. The second kappa shape index (κ2) is 5.32. The number of fused-ring (bicyclic) bond motifs is 1. The largest absolute Gasteiger partial charge is 0.326 e. The molecule has 1 aromatic carbocycles. The zero-order chi connectivity index (χ0) is 12.3. The number of rotatable bonds is 0. The lowest BCUT2D eigenvalue weighted by atomic mass is 10.2. The van der Waals surface area contributed by atoms with E-state index < -0.39 is 11.2 Å². The first-order chi connectivity index (χ1) is 7.58. The van der Waals surface area contributed by atoms with E-state index in [9.17, 15) is 9.59 Å². The Morgan fingerprint density at radius 3 is 2.44 bits per heavy atom. The molecule has 4 nitrogen and oxygen atoms in total. The molecule has 0 atom stereocenters. The van der Waals surface area contributed by atoms with Crippen LogP contribution < -0.4 is 11.2 Å². The Balaban J connectivity index is 0.000000606. The summed E-state index contributed by atoms with van der Waals surface area (Å²) in [4.78, 5) is 26.9. The van der Waals surface area contributed by atoms with Crippen molar-refractivity contribution in [1.82, 2.24) is 9.97 Å². The first-order valence-electron chi connectivity index (χ1n) is 4.69. The first-order valence-corrected chi connectivity index (χ1v) is 5.86. The van der Waals surface area contributed by atoms with Gasteiger partial charge in [-0.05, 0) is 28.1 Å². The van der Waals surface area contributed by atoms with Gasteiger partial charge in [0.1, 0.15) is 0 Å². The molecule has 2 N–H and O–H groups in total. The Morgan fingerprint density at radius 1 is 1.19 bits per heavy atom. The predicted molar refractivity (Wildman–Crippen MR) is 69.2 cm³/mol. The van der Waals surface area contributed by atoms with Crippen molar-refractivity contribution in [3.8, 4) is 0 Å². The number of halogens is 2. The average molecular weight is 306 g/mol. The van der Waals surface area contributed by atoms with Gasteiger partial charge in [-0.2, -0.15) is 0 Å². The van der Waals surface area contributed by atoms with E-state index in [0.29, 0.717) is 20.4 Å². The molecule has 6 heteroatoms. The highest BCUT2D eigenvalue weighted by molar-refractivity contribution is 9.10. The summed E-state index contributed by atoms with van der Waals surface area (Å²) < 4.78 is 0.615. The van der Waals surface area contributed by atoms with Crippen molar-refractivity contribution in [3.05, 3.63) is 42.5 Å². The van der Waals surface area contributed by atoms with Gasteiger partial charge in [-0.15, -0.1) is 0 Å². The highest BCUT2D eigenvalue weighted by Crippen LogP contribution is 2.24. The Morgan fingerprint density at radius 2 is 1.81 bits per heavy atom. The molecular formula is C10H10BrClN2O2. The molecule has 0 aliphatic carbocycles. The summed E-state index contributed by atoms with van der Waals surface area (Å²) in [6.45, 7) is 4.00. The normalized spacial score (nSPS) is 9.75. The maximum Gasteiger partial charge on any atom is 0.326 e. The third kappa shape index (κ3) is 2.54. The van der Waals surface area contributed by atoms with E-state index in [1.54, 1.807) is 6.07 Å². The molecule has 0 unspecified atom stereocenters. The van der Waals surface area contributed by atoms with Crippen LogP contribution in [-0.4, -0.2) is 9.97 Å². The summed E-state index contributed by atoms with van der Waals surface area (Å²) >= 11 is 9.00. The summed E-state index contributed by atoms with van der Waals surface area (Å²) in [6, 6.07) is 3.09. The van der Waals surface area contributed by atoms with Crippen molar-refractivity contribution >= 4 is 38.4 Å². The maximum absolute atomic E-state index is 11.3. The van der Waals surface area contributed by atoms with Crippen molar-refractivity contribution in [2.75, 3.05) is 0 Å². The molecular weight excluding hydrogens is 295 g/mol. The zero-order valence-corrected chi connectivity index (χ0v) is 11.1. The van der Waals surface area contributed by atoms with Gasteiger partial charge in [0.15, 0.2) is 0 Å². The summed E-state index contributed by atoms with van der Waals surface area (Å²) in [7, 11) is 0. The molecule has 0 aliphatic rings. The van der Waals surface area contributed by atoms with Crippen LogP contribution in [0, 0.1) is 0 Å². The standard InChI is InChI=1S/C8H4BrClN2O2.C2H6/c9-4-1-3-6(2-5(4)10)11-8(14)12-7(3)13;1-2/h1-2H,(H2,11,12,13,14);1-2H3. The molecule has 0 fully saturated rings. The van der Waals surface area contributed by atoms with Crippen LogP contribution >= 0.6 is 27.5 Å². The van der Waals surface area contributed by atoms with Crippen LogP contribution in [0.1, 0.15) is 13.8 Å². The molecule has 2 rings (SSSR count). The SMILES string of the molecule is CC.O=c1[nH]c(=O)c2cc(Br)c(Cl)cc2[nH]1. The molecule has 0 amide bonds. The lowest BCUT2D eigenvalue weighted by Crippen LogP contribution is -2.21. The van der Waals surface area contributed by atoms with Crippen molar-refractivity contribution in [1.29, 1.82) is 0 Å². The lowest BCUT2D eigenvalue weighted by Gasteiger charge is -1.99. The molecule has 16 heavy (non-hydrogen) atoms. The molecule has 1 aromatic heterocycles. The van der Waals surface area contributed by atoms with Crippen LogP contribution in [-0.2, 0) is 0 Å². The van der Waals surface area contributed by atoms with Gasteiger partial charge in [-0.3, -0.25) is 9.78 Å². The number of aromatic nitrogens is 2. The van der Waals surface area contributed by atoms with E-state index in [4.69, 9.17) is 11.6 Å². The van der Waals surface area contributed by atoms with Crippen LogP contribution in [0.25, 0.3) is 10.9 Å². The van der Waals surface area contributed by atoms with Crippen LogP contribution in [0.15, 0.2) is 26.2 Å². The number of hydrogen-bond donors (Lipinski definition) is 2. The molecule has 0 aliphatic heterocycles. The van der Waals surface area contributed by atoms with Crippen molar-refractivity contribution in [2.24, 2.45) is 0 Å². The van der Waals surface area contributed by atoms with Gasteiger partial charge < -0.3 is 4.98 Å². The highest BCUT2D eigenvalue weighted by Gasteiger charge is 2.04. The van der Waals surface area contributed by atoms with Crippen LogP contribution in [0.3, 0.4) is 0 Å². The van der Waals surface area contributed by atoms with E-state index in [1.807, 2.05) is 13.8 Å². The Kier molecular flexibility index (Phi) is 4.32. The third-order valence-electron chi connectivity index (χ3n) is 1.78. The fraction of sp³-hybridized carbons (Fsp3) is 0.200. The number of benzene rings is 1. The van der Waals surface area contributed by atoms with Crippen LogP contribution in [0.2, 0.25) is 5.02 Å². The van der Waals surface area contributed by atoms with Crippen LogP contribution in [0.4, 0.5) is 0 Å². The fourth-order valence-corrected chi connectivity index (χ4v) is 1.67. The number of hydrogen-bond acceptors (Lipinski definition) is 2. The topological polar surface area (TPSA) is 65.7 Å². The number of H-pyrrole nitrogens is 2.